The SMILES string of the molecule is CC(C)Cn1ncnc1Cn1cc(Cl)cc([N+](=O)[O-])c1=O. The summed E-state index contributed by atoms with van der Waals surface area (Å²) in [6, 6.07) is 1.04. The second kappa shape index (κ2) is 6.04. The summed E-state index contributed by atoms with van der Waals surface area (Å²) in [6.07, 6.45) is 2.74. The summed E-state index contributed by atoms with van der Waals surface area (Å²) in [4.78, 5) is 26.2. The molecule has 112 valence electrons. The highest BCUT2D eigenvalue weighted by Gasteiger charge is 2.17. The van der Waals surface area contributed by atoms with Crippen molar-refractivity contribution >= 4 is 17.3 Å². The minimum Gasteiger partial charge on any atom is -0.301 e. The molecule has 0 aliphatic rings. The number of halogens is 1. The van der Waals surface area contributed by atoms with Crippen LogP contribution in [-0.2, 0) is 13.1 Å². The van der Waals surface area contributed by atoms with Gasteiger partial charge in [0.1, 0.15) is 12.2 Å². The Balaban J connectivity index is 2.39. The number of hydrogen-bond donors (Lipinski definition) is 0. The van der Waals surface area contributed by atoms with Crippen molar-refractivity contribution in [2.75, 3.05) is 0 Å². The highest BCUT2D eigenvalue weighted by atomic mass is 35.5. The fourth-order valence-corrected chi connectivity index (χ4v) is 2.11. The summed E-state index contributed by atoms with van der Waals surface area (Å²) in [7, 11) is 0. The number of nitrogens with zero attached hydrogens (tertiary/aromatic N) is 5. The van der Waals surface area contributed by atoms with Crippen LogP contribution in [0.4, 0.5) is 5.69 Å². The molecule has 0 aliphatic carbocycles. The van der Waals surface area contributed by atoms with Gasteiger partial charge in [-0.05, 0) is 5.92 Å². The van der Waals surface area contributed by atoms with E-state index in [0.29, 0.717) is 18.3 Å². The van der Waals surface area contributed by atoms with Crippen molar-refractivity contribution in [2.24, 2.45) is 5.92 Å². The van der Waals surface area contributed by atoms with Gasteiger partial charge in [0.25, 0.3) is 0 Å². The van der Waals surface area contributed by atoms with Crippen molar-refractivity contribution in [1.82, 2.24) is 19.3 Å². The lowest BCUT2D eigenvalue weighted by molar-refractivity contribution is -0.386. The summed E-state index contributed by atoms with van der Waals surface area (Å²) in [5.74, 6) is 0.901. The Morgan fingerprint density at radius 1 is 1.48 bits per heavy atom. The lowest BCUT2D eigenvalue weighted by Crippen LogP contribution is -2.24. The van der Waals surface area contributed by atoms with Gasteiger partial charge in [-0.25, -0.2) is 9.67 Å². The van der Waals surface area contributed by atoms with Crippen LogP contribution in [0.15, 0.2) is 23.4 Å². The molecule has 0 saturated carbocycles. The molecule has 2 aromatic heterocycles. The normalized spacial score (nSPS) is 11.0. The van der Waals surface area contributed by atoms with Crippen LogP contribution < -0.4 is 5.56 Å². The molecule has 0 atom stereocenters. The number of nitro groups is 1. The van der Waals surface area contributed by atoms with Crippen molar-refractivity contribution in [3.05, 3.63) is 49.9 Å². The van der Waals surface area contributed by atoms with E-state index in [-0.39, 0.29) is 11.6 Å². The first kappa shape index (κ1) is 15.2. The van der Waals surface area contributed by atoms with E-state index in [4.69, 9.17) is 11.6 Å². The number of pyridine rings is 1. The minimum absolute atomic E-state index is 0.0763. The molecule has 0 aliphatic heterocycles. The number of aromatic nitrogens is 4. The van der Waals surface area contributed by atoms with Gasteiger partial charge in [-0.3, -0.25) is 14.9 Å². The molecule has 2 aromatic rings. The van der Waals surface area contributed by atoms with Crippen molar-refractivity contribution in [1.29, 1.82) is 0 Å². The van der Waals surface area contributed by atoms with Crippen LogP contribution in [0.1, 0.15) is 19.7 Å². The third-order valence-electron chi connectivity index (χ3n) is 2.78. The van der Waals surface area contributed by atoms with Crippen LogP contribution in [0.3, 0.4) is 0 Å². The maximum absolute atomic E-state index is 12.0. The van der Waals surface area contributed by atoms with E-state index in [2.05, 4.69) is 10.1 Å². The Kier molecular flexibility index (Phi) is 4.37. The number of hydrogen-bond acceptors (Lipinski definition) is 5. The fraction of sp³-hybridized carbons (Fsp3) is 0.417. The van der Waals surface area contributed by atoms with Crippen molar-refractivity contribution < 1.29 is 4.92 Å². The van der Waals surface area contributed by atoms with Crippen molar-refractivity contribution in [2.45, 2.75) is 26.9 Å². The summed E-state index contributed by atoms with van der Waals surface area (Å²) >= 11 is 5.82. The minimum atomic E-state index is -0.746. The van der Waals surface area contributed by atoms with Crippen LogP contribution in [0.25, 0.3) is 0 Å². The molecule has 0 saturated heterocycles. The average Bonchev–Trinajstić information content (AvgIpc) is 2.79. The molecule has 0 N–H and O–H groups in total. The van der Waals surface area contributed by atoms with E-state index in [1.54, 1.807) is 4.68 Å². The predicted molar refractivity (Wildman–Crippen MR) is 76.3 cm³/mol. The van der Waals surface area contributed by atoms with Gasteiger partial charge in [0, 0.05) is 18.8 Å². The second-order valence-corrected chi connectivity index (χ2v) is 5.42. The Bertz CT molecular complexity index is 722. The van der Waals surface area contributed by atoms with Crippen LogP contribution in [-0.4, -0.2) is 24.3 Å². The first-order valence-corrected chi connectivity index (χ1v) is 6.67. The lowest BCUT2D eigenvalue weighted by Gasteiger charge is -2.10. The zero-order valence-electron chi connectivity index (χ0n) is 11.6. The van der Waals surface area contributed by atoms with E-state index < -0.39 is 16.2 Å². The van der Waals surface area contributed by atoms with Crippen LogP contribution in [0.2, 0.25) is 5.02 Å². The summed E-state index contributed by atoms with van der Waals surface area (Å²) in [6.45, 7) is 4.78. The molecular weight excluding hydrogens is 298 g/mol. The fourth-order valence-electron chi connectivity index (χ4n) is 1.89. The van der Waals surface area contributed by atoms with Gasteiger partial charge in [0.2, 0.25) is 0 Å². The maximum Gasteiger partial charge on any atom is 0.335 e. The van der Waals surface area contributed by atoms with E-state index in [9.17, 15) is 14.9 Å². The monoisotopic (exact) mass is 311 g/mol. The molecule has 0 radical (unpaired) electrons. The maximum atomic E-state index is 12.0. The smallest absolute Gasteiger partial charge is 0.301 e. The van der Waals surface area contributed by atoms with Gasteiger partial charge in [0.15, 0.2) is 0 Å². The van der Waals surface area contributed by atoms with Crippen LogP contribution >= 0.6 is 11.6 Å². The summed E-state index contributed by atoms with van der Waals surface area (Å²) < 4.78 is 2.84. The van der Waals surface area contributed by atoms with Gasteiger partial charge in [0.05, 0.1) is 16.5 Å². The van der Waals surface area contributed by atoms with E-state index in [1.165, 1.54) is 17.1 Å². The van der Waals surface area contributed by atoms with Crippen molar-refractivity contribution in [3.8, 4) is 0 Å². The molecule has 2 rings (SSSR count). The molecule has 0 aromatic carbocycles. The summed E-state index contributed by atoms with van der Waals surface area (Å²) in [5.41, 5.74) is -1.28. The third-order valence-corrected chi connectivity index (χ3v) is 2.98. The van der Waals surface area contributed by atoms with E-state index in [0.717, 1.165) is 6.07 Å². The first-order valence-electron chi connectivity index (χ1n) is 6.29. The molecule has 0 bridgehead atoms. The van der Waals surface area contributed by atoms with Crippen LogP contribution in [0, 0.1) is 16.0 Å². The zero-order valence-corrected chi connectivity index (χ0v) is 12.3. The molecule has 9 heteroatoms. The molecular formula is C12H14ClN5O3. The molecule has 2 heterocycles. The average molecular weight is 312 g/mol. The highest BCUT2D eigenvalue weighted by molar-refractivity contribution is 6.30. The van der Waals surface area contributed by atoms with Crippen LogP contribution in [0.5, 0.6) is 0 Å². The third kappa shape index (κ3) is 3.46. The van der Waals surface area contributed by atoms with Gasteiger partial charge < -0.3 is 4.57 Å². The molecule has 0 spiro atoms. The van der Waals surface area contributed by atoms with Gasteiger partial charge in [-0.15, -0.1) is 0 Å². The van der Waals surface area contributed by atoms with Gasteiger partial charge >= 0.3 is 11.2 Å². The Morgan fingerprint density at radius 2 is 2.19 bits per heavy atom. The van der Waals surface area contributed by atoms with E-state index >= 15 is 0 Å². The number of rotatable bonds is 5. The van der Waals surface area contributed by atoms with Gasteiger partial charge in [-0.1, -0.05) is 25.4 Å². The standard InChI is InChI=1S/C12H14ClN5O3/c1-8(2)4-17-11(14-7-15-17)6-16-5-9(13)3-10(12(16)19)18(20)21/h3,5,7-8H,4,6H2,1-2H3. The first-order chi connectivity index (χ1) is 9.88. The molecule has 0 fully saturated rings. The molecule has 0 amide bonds. The quantitative estimate of drug-likeness (QED) is 0.618. The second-order valence-electron chi connectivity index (χ2n) is 4.99. The van der Waals surface area contributed by atoms with Gasteiger partial charge in [-0.2, -0.15) is 5.10 Å². The van der Waals surface area contributed by atoms with Crippen molar-refractivity contribution in [3.63, 3.8) is 0 Å². The predicted octanol–water partition coefficient (Wildman–Crippen LogP) is 1.71. The molecule has 21 heavy (non-hydrogen) atoms. The summed E-state index contributed by atoms with van der Waals surface area (Å²) in [5, 5.41) is 15.0. The van der Waals surface area contributed by atoms with E-state index in [1.807, 2.05) is 13.8 Å². The lowest BCUT2D eigenvalue weighted by atomic mass is 10.2. The Hall–Kier alpha value is -2.22. The Labute approximate surface area is 125 Å². The zero-order chi connectivity index (χ0) is 15.6. The highest BCUT2D eigenvalue weighted by Crippen LogP contribution is 2.13. The Morgan fingerprint density at radius 3 is 2.81 bits per heavy atom. The largest absolute Gasteiger partial charge is 0.335 e. The molecule has 0 unspecified atom stereocenters. The topological polar surface area (TPSA) is 95.8 Å². The molecule has 8 nitrogen and oxygen atoms in total.